The number of sulfonamides is 1. The van der Waals surface area contributed by atoms with Crippen LogP contribution in [0.3, 0.4) is 0 Å². The van der Waals surface area contributed by atoms with Gasteiger partial charge in [0.2, 0.25) is 15.9 Å². The third-order valence-electron chi connectivity index (χ3n) is 4.58. The van der Waals surface area contributed by atoms with Crippen molar-refractivity contribution in [2.24, 2.45) is 5.92 Å². The van der Waals surface area contributed by atoms with E-state index in [0.717, 1.165) is 12.8 Å². The smallest absolute Gasteiger partial charge is 0.240 e. The van der Waals surface area contributed by atoms with Crippen LogP contribution in [0.25, 0.3) is 0 Å². The van der Waals surface area contributed by atoms with Crippen LogP contribution < -0.4 is 4.72 Å². The number of likely N-dealkylation sites (tertiary alicyclic amines) is 1. The van der Waals surface area contributed by atoms with Crippen LogP contribution in [-0.4, -0.2) is 58.4 Å². The molecule has 1 N–H and O–H groups in total. The third kappa shape index (κ3) is 4.95. The van der Waals surface area contributed by atoms with Crippen LogP contribution in [0.15, 0.2) is 29.2 Å². The molecule has 3 rings (SSSR count). The van der Waals surface area contributed by atoms with Crippen LogP contribution in [0, 0.1) is 5.92 Å². The van der Waals surface area contributed by atoms with Crippen LogP contribution in [0.4, 0.5) is 0 Å². The summed E-state index contributed by atoms with van der Waals surface area (Å²) in [6, 6.07) is 6.02. The Bertz CT molecular complexity index is 736. The maximum Gasteiger partial charge on any atom is 0.240 e. The van der Waals surface area contributed by atoms with Crippen molar-refractivity contribution in [1.82, 2.24) is 9.62 Å². The lowest BCUT2D eigenvalue weighted by Crippen LogP contribution is -2.44. The topological polar surface area (TPSA) is 84.9 Å². The first-order valence-electron chi connectivity index (χ1n) is 8.72. The molecule has 0 bridgehead atoms. The zero-order valence-corrected chi connectivity index (χ0v) is 16.0. The number of hydrogen-bond donors (Lipinski definition) is 1. The molecule has 0 aromatic heterocycles. The number of nitrogens with one attached hydrogen (secondary N) is 1. The Kier molecular flexibility index (Phi) is 6.52. The highest BCUT2D eigenvalue weighted by Gasteiger charge is 2.32. The zero-order valence-electron chi connectivity index (χ0n) is 14.4. The molecule has 1 aromatic rings. The average Bonchev–Trinajstić information content (AvgIpc) is 3.16. The van der Waals surface area contributed by atoms with Gasteiger partial charge in [0.15, 0.2) is 6.29 Å². The van der Waals surface area contributed by atoms with E-state index in [9.17, 15) is 13.2 Å². The monoisotopic (exact) mass is 402 g/mol. The number of carbonyl (C=O) groups excluding carboxylic acids is 1. The van der Waals surface area contributed by atoms with Gasteiger partial charge in [-0.15, -0.1) is 0 Å². The minimum atomic E-state index is -3.68. The lowest BCUT2D eigenvalue weighted by molar-refractivity contribution is -0.139. The number of hydrogen-bond acceptors (Lipinski definition) is 5. The van der Waals surface area contributed by atoms with Gasteiger partial charge in [-0.1, -0.05) is 17.7 Å². The normalized spacial score (nSPS) is 21.9. The molecule has 0 radical (unpaired) electrons. The molecule has 2 aliphatic heterocycles. The first-order chi connectivity index (χ1) is 12.5. The number of ether oxygens (including phenoxy) is 2. The van der Waals surface area contributed by atoms with E-state index in [2.05, 4.69) is 4.72 Å². The minimum absolute atomic E-state index is 0.0469. The number of amides is 1. The van der Waals surface area contributed by atoms with Crippen molar-refractivity contribution in [2.75, 3.05) is 32.8 Å². The molecule has 7 nitrogen and oxygen atoms in total. The number of halogens is 1. The van der Waals surface area contributed by atoms with Gasteiger partial charge in [-0.05, 0) is 31.0 Å². The molecule has 26 heavy (non-hydrogen) atoms. The van der Waals surface area contributed by atoms with E-state index in [4.69, 9.17) is 21.1 Å². The van der Waals surface area contributed by atoms with Crippen LogP contribution >= 0.6 is 11.6 Å². The van der Waals surface area contributed by atoms with Gasteiger partial charge in [-0.2, -0.15) is 0 Å². The average molecular weight is 403 g/mol. The summed E-state index contributed by atoms with van der Waals surface area (Å²) < 4.78 is 38.0. The van der Waals surface area contributed by atoms with Gasteiger partial charge < -0.3 is 14.4 Å². The number of piperidine rings is 1. The summed E-state index contributed by atoms with van der Waals surface area (Å²) in [5, 5.41) is 0.347. The van der Waals surface area contributed by atoms with Crippen molar-refractivity contribution in [2.45, 2.75) is 30.4 Å². The van der Waals surface area contributed by atoms with Crippen molar-refractivity contribution in [1.29, 1.82) is 0 Å². The zero-order chi connectivity index (χ0) is 18.6. The molecule has 2 heterocycles. The molecule has 1 amide bonds. The molecule has 2 aliphatic rings. The molecule has 0 saturated carbocycles. The Labute approximate surface area is 158 Å². The summed E-state index contributed by atoms with van der Waals surface area (Å²) in [5.74, 6) is 0.111. The Morgan fingerprint density at radius 3 is 2.81 bits per heavy atom. The maximum absolute atomic E-state index is 12.4. The van der Waals surface area contributed by atoms with Gasteiger partial charge in [0.25, 0.3) is 0 Å². The van der Waals surface area contributed by atoms with Crippen molar-refractivity contribution in [3.05, 3.63) is 29.3 Å². The molecule has 0 aliphatic carbocycles. The van der Waals surface area contributed by atoms with Gasteiger partial charge in [-0.25, -0.2) is 13.1 Å². The summed E-state index contributed by atoms with van der Waals surface area (Å²) >= 11 is 5.83. The maximum atomic E-state index is 12.4. The molecule has 9 heteroatoms. The van der Waals surface area contributed by atoms with E-state index >= 15 is 0 Å². The molecule has 2 fully saturated rings. The molecule has 2 saturated heterocycles. The van der Waals surface area contributed by atoms with E-state index in [1.54, 1.807) is 17.0 Å². The molecule has 1 aromatic carbocycles. The fraction of sp³-hybridized carbons (Fsp3) is 0.588. The first kappa shape index (κ1) is 19.6. The SMILES string of the molecule is O=C(CCNS(=O)(=O)c1cccc(Cl)c1)N1CCCC(C2OCCO2)C1. The molecule has 1 unspecified atom stereocenters. The fourth-order valence-electron chi connectivity index (χ4n) is 3.28. The lowest BCUT2D eigenvalue weighted by Gasteiger charge is -2.34. The summed E-state index contributed by atoms with van der Waals surface area (Å²) in [6.07, 6.45) is 1.75. The van der Waals surface area contributed by atoms with Gasteiger partial charge in [0, 0.05) is 37.0 Å². The quantitative estimate of drug-likeness (QED) is 0.781. The first-order valence-corrected chi connectivity index (χ1v) is 10.6. The van der Waals surface area contributed by atoms with Crippen molar-refractivity contribution in [3.8, 4) is 0 Å². The standard InChI is InChI=1S/C17H23ClN2O5S/c18-14-4-1-5-15(11-14)26(22,23)19-7-6-16(21)20-8-2-3-13(12-20)17-24-9-10-25-17/h1,4-5,11,13,17,19H,2-3,6-10,12H2. The van der Waals surface area contributed by atoms with Crippen LogP contribution in [0.1, 0.15) is 19.3 Å². The Balaban J connectivity index is 1.49. The highest BCUT2D eigenvalue weighted by molar-refractivity contribution is 7.89. The van der Waals surface area contributed by atoms with E-state index in [0.29, 0.717) is 31.3 Å². The van der Waals surface area contributed by atoms with Gasteiger partial charge >= 0.3 is 0 Å². The van der Waals surface area contributed by atoms with E-state index < -0.39 is 10.0 Å². The Hall–Kier alpha value is -1.19. The van der Waals surface area contributed by atoms with Gasteiger partial charge in [0.05, 0.1) is 18.1 Å². The van der Waals surface area contributed by atoms with E-state index in [1.807, 2.05) is 0 Å². The second-order valence-corrected chi connectivity index (χ2v) is 8.66. The third-order valence-corrected chi connectivity index (χ3v) is 6.27. The number of rotatable bonds is 6. The molecular formula is C17H23ClN2O5S. The minimum Gasteiger partial charge on any atom is -0.350 e. The molecular weight excluding hydrogens is 380 g/mol. The number of benzene rings is 1. The fourth-order valence-corrected chi connectivity index (χ4v) is 4.61. The van der Waals surface area contributed by atoms with Crippen LogP contribution in [0.2, 0.25) is 5.02 Å². The van der Waals surface area contributed by atoms with Gasteiger partial charge in [0.1, 0.15) is 0 Å². The summed E-state index contributed by atoms with van der Waals surface area (Å²) in [6.45, 7) is 2.51. The number of carbonyl (C=O) groups is 1. The highest BCUT2D eigenvalue weighted by Crippen LogP contribution is 2.25. The second kappa shape index (κ2) is 8.67. The predicted molar refractivity (Wildman–Crippen MR) is 96.3 cm³/mol. The lowest BCUT2D eigenvalue weighted by atomic mass is 9.97. The summed E-state index contributed by atoms with van der Waals surface area (Å²) in [7, 11) is -3.68. The van der Waals surface area contributed by atoms with Crippen LogP contribution in [-0.2, 0) is 24.3 Å². The number of nitrogens with zero attached hydrogens (tertiary/aromatic N) is 1. The predicted octanol–water partition coefficient (Wildman–Crippen LogP) is 1.62. The van der Waals surface area contributed by atoms with Gasteiger partial charge in [-0.3, -0.25) is 4.79 Å². The molecule has 144 valence electrons. The summed E-state index contributed by atoms with van der Waals surface area (Å²) in [4.78, 5) is 14.3. The van der Waals surface area contributed by atoms with Crippen LogP contribution in [0.5, 0.6) is 0 Å². The molecule has 1 atom stereocenters. The molecule has 0 spiro atoms. The van der Waals surface area contributed by atoms with Crippen molar-refractivity contribution < 1.29 is 22.7 Å². The Morgan fingerprint density at radius 1 is 1.31 bits per heavy atom. The van der Waals surface area contributed by atoms with Crippen molar-refractivity contribution in [3.63, 3.8) is 0 Å². The van der Waals surface area contributed by atoms with Crippen molar-refractivity contribution >= 4 is 27.5 Å². The Morgan fingerprint density at radius 2 is 2.08 bits per heavy atom. The highest BCUT2D eigenvalue weighted by atomic mass is 35.5. The summed E-state index contributed by atoms with van der Waals surface area (Å²) in [5.41, 5.74) is 0. The van der Waals surface area contributed by atoms with E-state index in [-0.39, 0.29) is 36.0 Å². The largest absolute Gasteiger partial charge is 0.350 e. The second-order valence-electron chi connectivity index (χ2n) is 6.46. The van der Waals surface area contributed by atoms with E-state index in [1.165, 1.54) is 12.1 Å².